The zero-order valence-electron chi connectivity index (χ0n) is 11.3. The Morgan fingerprint density at radius 3 is 2.78 bits per heavy atom. The lowest BCUT2D eigenvalue weighted by Crippen LogP contribution is -2.42. The third-order valence-corrected chi connectivity index (χ3v) is 3.80. The van der Waals surface area contributed by atoms with Crippen LogP contribution in [0, 0.1) is 0 Å². The molecule has 100 valence electrons. The van der Waals surface area contributed by atoms with Crippen LogP contribution in [-0.4, -0.2) is 35.7 Å². The summed E-state index contributed by atoms with van der Waals surface area (Å²) in [6.45, 7) is 9.21. The van der Waals surface area contributed by atoms with Gasteiger partial charge < -0.3 is 4.74 Å². The van der Waals surface area contributed by atoms with Crippen LogP contribution in [0.4, 0.5) is 0 Å². The number of hydrogen-bond acceptors (Lipinski definition) is 4. The topological polar surface area (TPSA) is 25.4 Å². The fourth-order valence-electron chi connectivity index (χ4n) is 2.32. The van der Waals surface area contributed by atoms with E-state index < -0.39 is 0 Å². The van der Waals surface area contributed by atoms with E-state index in [1.54, 1.807) is 0 Å². The van der Waals surface area contributed by atoms with Crippen molar-refractivity contribution in [3.63, 3.8) is 0 Å². The first-order valence-corrected chi connectivity index (χ1v) is 7.09. The summed E-state index contributed by atoms with van der Waals surface area (Å²) in [5, 5.41) is 0.192. The Hall–Kier alpha value is -0.580. The van der Waals surface area contributed by atoms with E-state index in [-0.39, 0.29) is 5.25 Å². The lowest BCUT2D eigenvalue weighted by molar-refractivity contribution is -0.0320. The molecular weight excluding hydrogens is 244 g/mol. The summed E-state index contributed by atoms with van der Waals surface area (Å²) in [6.07, 6.45) is 2.30. The van der Waals surface area contributed by atoms with E-state index in [0.717, 1.165) is 25.4 Å². The standard InChI is InChI=1S/C14H22N2OS/c1-10-9-16(6-7-17-10)11(2)13-4-5-14(12(3)18)15-8-13/h4-5,8,10-12,18H,6-7,9H2,1-3H3/t10-,11?,12?/m0/s1. The van der Waals surface area contributed by atoms with Gasteiger partial charge in [0.2, 0.25) is 0 Å². The second kappa shape index (κ2) is 6.04. The van der Waals surface area contributed by atoms with Crippen LogP contribution < -0.4 is 0 Å². The molecule has 0 bridgehead atoms. The molecule has 3 atom stereocenters. The molecule has 2 heterocycles. The Labute approximate surface area is 115 Å². The fourth-order valence-corrected chi connectivity index (χ4v) is 2.47. The summed E-state index contributed by atoms with van der Waals surface area (Å²) < 4.78 is 5.58. The molecule has 0 amide bonds. The van der Waals surface area contributed by atoms with Crippen LogP contribution in [0.5, 0.6) is 0 Å². The van der Waals surface area contributed by atoms with E-state index in [4.69, 9.17) is 4.74 Å². The van der Waals surface area contributed by atoms with E-state index in [1.165, 1.54) is 5.56 Å². The molecule has 1 aliphatic heterocycles. The minimum Gasteiger partial charge on any atom is -0.376 e. The number of ether oxygens (including phenoxy) is 1. The molecule has 0 aromatic carbocycles. The Bertz CT molecular complexity index is 380. The molecule has 0 aliphatic carbocycles. The van der Waals surface area contributed by atoms with Crippen LogP contribution in [-0.2, 0) is 4.74 Å². The molecule has 0 spiro atoms. The molecule has 3 nitrogen and oxygen atoms in total. The molecule has 1 aromatic heterocycles. The largest absolute Gasteiger partial charge is 0.376 e. The minimum atomic E-state index is 0.192. The third kappa shape index (κ3) is 3.25. The highest BCUT2D eigenvalue weighted by Crippen LogP contribution is 2.24. The van der Waals surface area contributed by atoms with E-state index in [2.05, 4.69) is 48.5 Å². The summed E-state index contributed by atoms with van der Waals surface area (Å²) in [5.74, 6) is 0. The number of rotatable bonds is 3. The zero-order chi connectivity index (χ0) is 13.1. The molecular formula is C14H22N2OS. The smallest absolute Gasteiger partial charge is 0.0674 e. The van der Waals surface area contributed by atoms with Crippen molar-refractivity contribution in [2.24, 2.45) is 0 Å². The molecule has 0 N–H and O–H groups in total. The van der Waals surface area contributed by atoms with Crippen LogP contribution >= 0.6 is 12.6 Å². The highest BCUT2D eigenvalue weighted by Gasteiger charge is 2.22. The lowest BCUT2D eigenvalue weighted by Gasteiger charge is -2.35. The predicted molar refractivity (Wildman–Crippen MR) is 77.0 cm³/mol. The molecule has 1 saturated heterocycles. The van der Waals surface area contributed by atoms with Gasteiger partial charge in [0.15, 0.2) is 0 Å². The van der Waals surface area contributed by atoms with Gasteiger partial charge >= 0.3 is 0 Å². The Balaban J connectivity index is 2.05. The molecule has 1 fully saturated rings. The first-order chi connectivity index (χ1) is 8.58. The van der Waals surface area contributed by atoms with Crippen molar-refractivity contribution < 1.29 is 4.74 Å². The highest BCUT2D eigenvalue weighted by molar-refractivity contribution is 7.80. The van der Waals surface area contributed by atoms with Crippen LogP contribution in [0.15, 0.2) is 18.3 Å². The van der Waals surface area contributed by atoms with Gasteiger partial charge in [-0.1, -0.05) is 6.07 Å². The van der Waals surface area contributed by atoms with Gasteiger partial charge in [0.1, 0.15) is 0 Å². The SMILES string of the molecule is CC(S)c1ccc(C(C)N2CCO[C@@H](C)C2)cn1. The van der Waals surface area contributed by atoms with Crippen molar-refractivity contribution in [1.29, 1.82) is 0 Å². The molecule has 0 saturated carbocycles. The third-order valence-electron chi connectivity index (χ3n) is 3.54. The zero-order valence-corrected chi connectivity index (χ0v) is 12.2. The van der Waals surface area contributed by atoms with Crippen LogP contribution in [0.2, 0.25) is 0 Å². The van der Waals surface area contributed by atoms with Gasteiger partial charge in [0.05, 0.1) is 18.4 Å². The normalized spacial score (nSPS) is 24.8. The van der Waals surface area contributed by atoms with E-state index >= 15 is 0 Å². The first-order valence-electron chi connectivity index (χ1n) is 6.57. The molecule has 1 aromatic rings. The van der Waals surface area contributed by atoms with Crippen LogP contribution in [0.3, 0.4) is 0 Å². The van der Waals surface area contributed by atoms with Crippen molar-refractivity contribution in [3.8, 4) is 0 Å². The van der Waals surface area contributed by atoms with Crippen molar-refractivity contribution in [2.45, 2.75) is 38.2 Å². The molecule has 0 radical (unpaired) electrons. The quantitative estimate of drug-likeness (QED) is 0.852. The van der Waals surface area contributed by atoms with Gasteiger partial charge in [0.25, 0.3) is 0 Å². The number of thiol groups is 1. The average molecular weight is 266 g/mol. The fraction of sp³-hybridized carbons (Fsp3) is 0.643. The summed E-state index contributed by atoms with van der Waals surface area (Å²) in [4.78, 5) is 6.93. The Morgan fingerprint density at radius 1 is 1.44 bits per heavy atom. The van der Waals surface area contributed by atoms with Crippen molar-refractivity contribution in [2.75, 3.05) is 19.7 Å². The molecule has 4 heteroatoms. The molecule has 1 aliphatic rings. The second-order valence-electron chi connectivity index (χ2n) is 5.04. The number of hydrogen-bond donors (Lipinski definition) is 1. The number of aromatic nitrogens is 1. The molecule has 2 unspecified atom stereocenters. The summed E-state index contributed by atoms with van der Waals surface area (Å²) in [7, 11) is 0. The summed E-state index contributed by atoms with van der Waals surface area (Å²) in [6, 6.07) is 4.64. The highest BCUT2D eigenvalue weighted by atomic mass is 32.1. The maximum atomic E-state index is 5.58. The average Bonchev–Trinajstić information content (AvgIpc) is 2.38. The van der Waals surface area contributed by atoms with E-state index in [1.807, 2.05) is 13.1 Å². The van der Waals surface area contributed by atoms with Crippen molar-refractivity contribution in [3.05, 3.63) is 29.6 Å². The Morgan fingerprint density at radius 2 is 2.22 bits per heavy atom. The van der Waals surface area contributed by atoms with Gasteiger partial charge in [-0.05, 0) is 32.4 Å². The summed E-state index contributed by atoms with van der Waals surface area (Å²) >= 11 is 4.40. The second-order valence-corrected chi connectivity index (χ2v) is 5.82. The predicted octanol–water partition coefficient (Wildman–Crippen LogP) is 2.85. The van der Waals surface area contributed by atoms with Crippen LogP contribution in [0.25, 0.3) is 0 Å². The maximum Gasteiger partial charge on any atom is 0.0674 e. The van der Waals surface area contributed by atoms with Crippen molar-refractivity contribution >= 4 is 12.6 Å². The van der Waals surface area contributed by atoms with Gasteiger partial charge in [-0.3, -0.25) is 9.88 Å². The van der Waals surface area contributed by atoms with Gasteiger partial charge in [0, 0.05) is 30.6 Å². The van der Waals surface area contributed by atoms with Crippen LogP contribution in [0.1, 0.15) is 43.3 Å². The summed E-state index contributed by atoms with van der Waals surface area (Å²) in [5.41, 5.74) is 2.30. The van der Waals surface area contributed by atoms with Gasteiger partial charge in [-0.15, -0.1) is 0 Å². The van der Waals surface area contributed by atoms with Gasteiger partial charge in [-0.25, -0.2) is 0 Å². The van der Waals surface area contributed by atoms with Crippen molar-refractivity contribution in [1.82, 2.24) is 9.88 Å². The number of pyridine rings is 1. The Kier molecular flexibility index (Phi) is 4.65. The molecule has 2 rings (SSSR count). The maximum absolute atomic E-state index is 5.58. The lowest BCUT2D eigenvalue weighted by atomic mass is 10.1. The van der Waals surface area contributed by atoms with E-state index in [9.17, 15) is 0 Å². The number of morpholine rings is 1. The van der Waals surface area contributed by atoms with E-state index in [0.29, 0.717) is 12.1 Å². The monoisotopic (exact) mass is 266 g/mol. The first kappa shape index (κ1) is 13.8. The van der Waals surface area contributed by atoms with Gasteiger partial charge in [-0.2, -0.15) is 12.6 Å². The number of nitrogens with zero attached hydrogens (tertiary/aromatic N) is 2. The molecule has 18 heavy (non-hydrogen) atoms. The minimum absolute atomic E-state index is 0.192.